The molecule has 6 nitrogen and oxygen atoms in total. The highest BCUT2D eigenvalue weighted by Crippen LogP contribution is 2.32. The molecule has 2 amide bonds. The molecule has 1 aliphatic heterocycles. The van der Waals surface area contributed by atoms with E-state index in [9.17, 15) is 18.4 Å². The number of hydrogen-bond donors (Lipinski definition) is 2. The molecular weight excluding hydrogens is 356 g/mol. The van der Waals surface area contributed by atoms with E-state index in [0.717, 1.165) is 22.6 Å². The SMILES string of the molecule is CC(=O)NC[C@H]1CN(c2cc(F)c(-c3ccc(CN)cc3)c(F)c2)C(=O)O1. The maximum atomic E-state index is 14.6. The summed E-state index contributed by atoms with van der Waals surface area (Å²) >= 11 is 0. The van der Waals surface area contributed by atoms with Crippen LogP contribution in [-0.2, 0) is 16.1 Å². The van der Waals surface area contributed by atoms with E-state index in [-0.39, 0.29) is 30.2 Å². The summed E-state index contributed by atoms with van der Waals surface area (Å²) in [6.45, 7) is 1.90. The van der Waals surface area contributed by atoms with Gasteiger partial charge in [-0.3, -0.25) is 9.69 Å². The van der Waals surface area contributed by atoms with Gasteiger partial charge in [0, 0.05) is 13.5 Å². The quantitative estimate of drug-likeness (QED) is 0.841. The lowest BCUT2D eigenvalue weighted by Gasteiger charge is -2.15. The van der Waals surface area contributed by atoms with Crippen LogP contribution >= 0.6 is 0 Å². The molecule has 27 heavy (non-hydrogen) atoms. The molecule has 2 aromatic rings. The van der Waals surface area contributed by atoms with Crippen molar-refractivity contribution in [2.24, 2.45) is 5.73 Å². The molecule has 0 unspecified atom stereocenters. The third-order valence-electron chi connectivity index (χ3n) is 4.27. The van der Waals surface area contributed by atoms with Crippen LogP contribution in [0.25, 0.3) is 11.1 Å². The molecule has 0 spiro atoms. The molecule has 0 aliphatic carbocycles. The van der Waals surface area contributed by atoms with Crippen molar-refractivity contribution in [1.82, 2.24) is 5.32 Å². The zero-order valence-electron chi connectivity index (χ0n) is 14.7. The maximum absolute atomic E-state index is 14.6. The summed E-state index contributed by atoms with van der Waals surface area (Å²) in [5, 5.41) is 2.54. The van der Waals surface area contributed by atoms with Crippen molar-refractivity contribution in [2.75, 3.05) is 18.0 Å². The summed E-state index contributed by atoms with van der Waals surface area (Å²) in [6, 6.07) is 8.78. The summed E-state index contributed by atoms with van der Waals surface area (Å²) in [6.07, 6.45) is -1.31. The van der Waals surface area contributed by atoms with Crippen LogP contribution in [0.3, 0.4) is 0 Å². The Morgan fingerprint density at radius 2 is 1.89 bits per heavy atom. The van der Waals surface area contributed by atoms with Crippen LogP contribution in [-0.4, -0.2) is 31.2 Å². The van der Waals surface area contributed by atoms with Gasteiger partial charge in [0.05, 0.1) is 24.3 Å². The number of amides is 2. The molecule has 1 heterocycles. The lowest BCUT2D eigenvalue weighted by molar-refractivity contribution is -0.119. The number of carbonyl (C=O) groups excluding carboxylic acids is 2. The normalized spacial score (nSPS) is 16.4. The Balaban J connectivity index is 1.84. The van der Waals surface area contributed by atoms with E-state index >= 15 is 0 Å². The number of ether oxygens (including phenoxy) is 1. The first-order valence-electron chi connectivity index (χ1n) is 8.40. The zero-order chi connectivity index (χ0) is 19.6. The number of nitrogens with zero attached hydrogens (tertiary/aromatic N) is 1. The van der Waals surface area contributed by atoms with Crippen LogP contribution in [0, 0.1) is 11.6 Å². The Bertz CT molecular complexity index is 848. The monoisotopic (exact) mass is 375 g/mol. The van der Waals surface area contributed by atoms with Crippen molar-refractivity contribution in [2.45, 2.75) is 19.6 Å². The number of halogens is 2. The summed E-state index contributed by atoms with van der Waals surface area (Å²) in [4.78, 5) is 24.1. The molecule has 2 aromatic carbocycles. The molecule has 0 saturated carbocycles. The molecule has 0 bridgehead atoms. The number of cyclic esters (lactones) is 1. The highest BCUT2D eigenvalue weighted by Gasteiger charge is 2.33. The lowest BCUT2D eigenvalue weighted by Crippen LogP contribution is -2.33. The average Bonchev–Trinajstić information content (AvgIpc) is 3.00. The van der Waals surface area contributed by atoms with Gasteiger partial charge in [0.25, 0.3) is 0 Å². The molecular formula is C19H19F2N3O3. The fraction of sp³-hybridized carbons (Fsp3) is 0.263. The Morgan fingerprint density at radius 3 is 2.44 bits per heavy atom. The van der Waals surface area contributed by atoms with Crippen molar-refractivity contribution >= 4 is 17.7 Å². The number of anilines is 1. The van der Waals surface area contributed by atoms with Crippen molar-refractivity contribution in [3.8, 4) is 11.1 Å². The van der Waals surface area contributed by atoms with Crippen LogP contribution in [0.4, 0.5) is 19.3 Å². The molecule has 1 fully saturated rings. The predicted octanol–water partition coefficient (Wildman–Crippen LogP) is 2.55. The number of hydrogen-bond acceptors (Lipinski definition) is 4. The summed E-state index contributed by atoms with van der Waals surface area (Å²) in [7, 11) is 0. The maximum Gasteiger partial charge on any atom is 0.414 e. The number of benzene rings is 2. The molecule has 1 atom stereocenters. The van der Waals surface area contributed by atoms with E-state index in [4.69, 9.17) is 10.5 Å². The molecule has 142 valence electrons. The zero-order valence-corrected chi connectivity index (χ0v) is 14.7. The van der Waals surface area contributed by atoms with Gasteiger partial charge in [0.2, 0.25) is 5.91 Å². The Morgan fingerprint density at radius 1 is 1.26 bits per heavy atom. The first-order valence-corrected chi connectivity index (χ1v) is 8.40. The average molecular weight is 375 g/mol. The van der Waals surface area contributed by atoms with Crippen molar-refractivity contribution in [3.05, 3.63) is 53.6 Å². The highest BCUT2D eigenvalue weighted by atomic mass is 19.1. The fourth-order valence-electron chi connectivity index (χ4n) is 2.90. The van der Waals surface area contributed by atoms with E-state index in [2.05, 4.69) is 5.32 Å². The molecule has 0 aromatic heterocycles. The van der Waals surface area contributed by atoms with Gasteiger partial charge in [-0.2, -0.15) is 0 Å². The van der Waals surface area contributed by atoms with Crippen LogP contribution in [0.5, 0.6) is 0 Å². The smallest absolute Gasteiger partial charge is 0.414 e. The fourth-order valence-corrected chi connectivity index (χ4v) is 2.90. The van der Waals surface area contributed by atoms with E-state index in [0.29, 0.717) is 12.1 Å². The largest absolute Gasteiger partial charge is 0.442 e. The van der Waals surface area contributed by atoms with Crippen molar-refractivity contribution < 1.29 is 23.1 Å². The topological polar surface area (TPSA) is 84.7 Å². The minimum Gasteiger partial charge on any atom is -0.442 e. The van der Waals surface area contributed by atoms with Gasteiger partial charge in [0.1, 0.15) is 17.7 Å². The van der Waals surface area contributed by atoms with E-state index in [1.807, 2.05) is 0 Å². The van der Waals surface area contributed by atoms with E-state index in [1.165, 1.54) is 6.92 Å². The van der Waals surface area contributed by atoms with Crippen molar-refractivity contribution in [3.63, 3.8) is 0 Å². The molecule has 3 rings (SSSR count). The first kappa shape index (κ1) is 18.8. The molecule has 0 radical (unpaired) electrons. The number of carbonyl (C=O) groups is 2. The molecule has 1 saturated heterocycles. The van der Waals surface area contributed by atoms with Gasteiger partial charge >= 0.3 is 6.09 Å². The second-order valence-electron chi connectivity index (χ2n) is 6.24. The molecule has 8 heteroatoms. The predicted molar refractivity (Wildman–Crippen MR) is 96.0 cm³/mol. The lowest BCUT2D eigenvalue weighted by atomic mass is 10.0. The van der Waals surface area contributed by atoms with Crippen LogP contribution in [0.2, 0.25) is 0 Å². The van der Waals surface area contributed by atoms with Gasteiger partial charge in [-0.15, -0.1) is 0 Å². The third kappa shape index (κ3) is 4.06. The molecule has 1 aliphatic rings. The van der Waals surface area contributed by atoms with Crippen LogP contribution in [0.15, 0.2) is 36.4 Å². The van der Waals surface area contributed by atoms with E-state index in [1.54, 1.807) is 24.3 Å². The Hall–Kier alpha value is -3.00. The van der Waals surface area contributed by atoms with Gasteiger partial charge in [-0.1, -0.05) is 24.3 Å². The minimum atomic E-state index is -0.788. The van der Waals surface area contributed by atoms with Gasteiger partial charge in [-0.25, -0.2) is 13.6 Å². The Kier molecular flexibility index (Phi) is 5.36. The second-order valence-corrected chi connectivity index (χ2v) is 6.24. The van der Waals surface area contributed by atoms with Gasteiger partial charge < -0.3 is 15.8 Å². The summed E-state index contributed by atoms with van der Waals surface area (Å²) in [5.41, 5.74) is 6.64. The van der Waals surface area contributed by atoms with Crippen LogP contribution in [0.1, 0.15) is 12.5 Å². The number of nitrogens with two attached hydrogens (primary N) is 1. The third-order valence-corrected chi connectivity index (χ3v) is 4.27. The van der Waals surface area contributed by atoms with Gasteiger partial charge in [-0.05, 0) is 23.3 Å². The highest BCUT2D eigenvalue weighted by molar-refractivity contribution is 5.90. The van der Waals surface area contributed by atoms with Crippen molar-refractivity contribution in [1.29, 1.82) is 0 Å². The number of nitrogens with one attached hydrogen (secondary N) is 1. The first-order chi connectivity index (χ1) is 12.9. The summed E-state index contributed by atoms with van der Waals surface area (Å²) in [5.74, 6) is -1.83. The van der Waals surface area contributed by atoms with Gasteiger partial charge in [0.15, 0.2) is 0 Å². The minimum absolute atomic E-state index is 0.0580. The summed E-state index contributed by atoms with van der Waals surface area (Å²) < 4.78 is 34.3. The number of rotatable bonds is 5. The second kappa shape index (κ2) is 7.71. The van der Waals surface area contributed by atoms with Crippen LogP contribution < -0.4 is 16.0 Å². The molecule has 3 N–H and O–H groups in total. The Labute approximate surface area is 154 Å². The standard InChI is InChI=1S/C19H19F2N3O3/c1-11(25)23-9-15-10-24(19(26)27-15)14-6-16(20)18(17(21)7-14)13-4-2-12(8-22)3-5-13/h2-7,15H,8-10,22H2,1H3,(H,23,25)/t15-/m0/s1. The van der Waals surface area contributed by atoms with E-state index < -0.39 is 23.8 Å².